The number of hydrogen-bond donors (Lipinski definition) is 1. The molecule has 106 valence electrons. The lowest BCUT2D eigenvalue weighted by molar-refractivity contribution is 0.333. The van der Waals surface area contributed by atoms with E-state index in [1.165, 1.54) is 12.8 Å². The van der Waals surface area contributed by atoms with Crippen LogP contribution in [-0.2, 0) is 6.54 Å². The molecule has 4 rings (SSSR count). The summed E-state index contributed by atoms with van der Waals surface area (Å²) >= 11 is 0. The van der Waals surface area contributed by atoms with Gasteiger partial charge in [0.05, 0.1) is 11.2 Å². The van der Waals surface area contributed by atoms with Gasteiger partial charge in [-0.15, -0.1) is 0 Å². The second-order valence-corrected chi connectivity index (χ2v) is 5.19. The Morgan fingerprint density at radius 1 is 1.24 bits per heavy atom. The summed E-state index contributed by atoms with van der Waals surface area (Å²) in [5.41, 5.74) is 1.74. The third kappa shape index (κ3) is 2.73. The number of rotatable bonds is 5. The number of nitrogens with zero attached hydrogens (tertiary/aromatic N) is 2. The van der Waals surface area contributed by atoms with Crippen LogP contribution in [-0.4, -0.2) is 16.0 Å². The topological polar surface area (TPSA) is 60.2 Å². The molecule has 1 fully saturated rings. The monoisotopic (exact) mass is 281 g/mol. The minimum Gasteiger partial charge on any atom is -0.417 e. The Balaban J connectivity index is 1.53. The molecule has 0 radical (unpaired) electrons. The fourth-order valence-corrected chi connectivity index (χ4v) is 2.21. The predicted molar refractivity (Wildman–Crippen MR) is 78.2 cm³/mol. The van der Waals surface area contributed by atoms with Crippen molar-refractivity contribution in [2.24, 2.45) is 0 Å². The van der Waals surface area contributed by atoms with Gasteiger partial charge in [0.25, 0.3) is 0 Å². The van der Waals surface area contributed by atoms with E-state index in [1.54, 1.807) is 12.5 Å². The van der Waals surface area contributed by atoms with Gasteiger partial charge in [0.2, 0.25) is 0 Å². The normalized spacial score (nSPS) is 14.5. The number of hydrogen-bond acceptors (Lipinski definition) is 5. The van der Waals surface area contributed by atoms with Crippen molar-refractivity contribution < 1.29 is 9.15 Å². The highest BCUT2D eigenvalue weighted by molar-refractivity contribution is 5.84. The molecule has 1 saturated carbocycles. The largest absolute Gasteiger partial charge is 0.417 e. The molecule has 0 bridgehead atoms. The average Bonchev–Trinajstić information content (AvgIpc) is 3.25. The molecular formula is C16H15N3O2. The quantitative estimate of drug-likeness (QED) is 0.777. The first-order chi connectivity index (χ1) is 10.4. The highest BCUT2D eigenvalue weighted by Gasteiger charge is 2.20. The number of nitrogens with one attached hydrogen (secondary N) is 1. The molecule has 0 saturated heterocycles. The van der Waals surface area contributed by atoms with E-state index >= 15 is 0 Å². The van der Waals surface area contributed by atoms with Crippen molar-refractivity contribution in [3.63, 3.8) is 0 Å². The van der Waals surface area contributed by atoms with Gasteiger partial charge < -0.3 is 14.5 Å². The van der Waals surface area contributed by atoms with Crippen molar-refractivity contribution in [2.75, 3.05) is 0 Å². The van der Waals surface area contributed by atoms with Crippen LogP contribution < -0.4 is 10.1 Å². The average molecular weight is 281 g/mol. The van der Waals surface area contributed by atoms with E-state index in [2.05, 4.69) is 15.3 Å². The van der Waals surface area contributed by atoms with Crippen LogP contribution in [0.3, 0.4) is 0 Å². The van der Waals surface area contributed by atoms with E-state index in [0.717, 1.165) is 16.6 Å². The van der Waals surface area contributed by atoms with Gasteiger partial charge in [-0.25, -0.2) is 0 Å². The smallest absolute Gasteiger partial charge is 0.399 e. The zero-order valence-electron chi connectivity index (χ0n) is 11.5. The minimum atomic E-state index is 0.263. The van der Waals surface area contributed by atoms with Crippen LogP contribution in [0.5, 0.6) is 11.8 Å². The van der Waals surface area contributed by atoms with Gasteiger partial charge in [-0.3, -0.25) is 4.98 Å². The predicted octanol–water partition coefficient (Wildman–Crippen LogP) is 3.27. The summed E-state index contributed by atoms with van der Waals surface area (Å²) < 4.78 is 11.1. The van der Waals surface area contributed by atoms with Gasteiger partial charge >= 0.3 is 6.08 Å². The number of benzene rings is 1. The minimum absolute atomic E-state index is 0.263. The lowest BCUT2D eigenvalue weighted by Crippen LogP contribution is -2.15. The van der Waals surface area contributed by atoms with E-state index in [4.69, 9.17) is 9.15 Å². The molecular weight excluding hydrogens is 266 g/mol. The number of ether oxygens (including phenoxy) is 1. The molecule has 0 aliphatic heterocycles. The van der Waals surface area contributed by atoms with Gasteiger partial charge in [0.15, 0.2) is 0 Å². The summed E-state index contributed by atoms with van der Waals surface area (Å²) in [6, 6.07) is 10.2. The standard InChI is InChI=1S/C16H15N3O2/c1-4-14-13(3-2-8-17-14)15(5-1)21-16-19-12(10-20-16)9-18-11-6-7-11/h1-5,8,10-11,18H,6-7,9H2. The fraction of sp³-hybridized carbons (Fsp3) is 0.250. The Labute approximate surface area is 122 Å². The van der Waals surface area contributed by atoms with Crippen molar-refractivity contribution in [1.82, 2.24) is 15.3 Å². The van der Waals surface area contributed by atoms with E-state index < -0.39 is 0 Å². The van der Waals surface area contributed by atoms with Crippen LogP contribution in [0.2, 0.25) is 0 Å². The summed E-state index contributed by atoms with van der Waals surface area (Å²) in [5, 5.41) is 4.33. The van der Waals surface area contributed by atoms with E-state index in [9.17, 15) is 0 Å². The van der Waals surface area contributed by atoms with Gasteiger partial charge in [-0.05, 0) is 37.1 Å². The molecule has 0 amide bonds. The van der Waals surface area contributed by atoms with Gasteiger partial charge in [0.1, 0.15) is 12.0 Å². The van der Waals surface area contributed by atoms with E-state index in [1.807, 2.05) is 30.3 Å². The van der Waals surface area contributed by atoms with Crippen LogP contribution in [0.15, 0.2) is 47.2 Å². The molecule has 5 nitrogen and oxygen atoms in total. The van der Waals surface area contributed by atoms with Crippen LogP contribution in [0.25, 0.3) is 10.9 Å². The fourth-order valence-electron chi connectivity index (χ4n) is 2.21. The first-order valence-corrected chi connectivity index (χ1v) is 7.08. The van der Waals surface area contributed by atoms with E-state index in [0.29, 0.717) is 18.3 Å². The Bertz CT molecular complexity index is 760. The molecule has 2 heterocycles. The summed E-state index contributed by atoms with van der Waals surface area (Å²) in [6.45, 7) is 0.717. The molecule has 0 atom stereocenters. The number of aromatic nitrogens is 2. The highest BCUT2D eigenvalue weighted by Crippen LogP contribution is 2.28. The molecule has 2 aromatic heterocycles. The van der Waals surface area contributed by atoms with Gasteiger partial charge in [0, 0.05) is 24.2 Å². The first-order valence-electron chi connectivity index (χ1n) is 7.08. The molecule has 0 spiro atoms. The lowest BCUT2D eigenvalue weighted by atomic mass is 10.2. The molecule has 3 aromatic rings. The maximum atomic E-state index is 5.75. The second-order valence-electron chi connectivity index (χ2n) is 5.19. The van der Waals surface area contributed by atoms with Crippen LogP contribution in [0.4, 0.5) is 0 Å². The van der Waals surface area contributed by atoms with Crippen molar-refractivity contribution in [2.45, 2.75) is 25.4 Å². The van der Waals surface area contributed by atoms with Crippen LogP contribution >= 0.6 is 0 Å². The van der Waals surface area contributed by atoms with Gasteiger partial charge in [-0.2, -0.15) is 4.98 Å². The number of oxazole rings is 1. The number of pyridine rings is 1. The summed E-state index contributed by atoms with van der Waals surface area (Å²) in [7, 11) is 0. The second kappa shape index (κ2) is 5.18. The summed E-state index contributed by atoms with van der Waals surface area (Å²) in [4.78, 5) is 8.64. The third-order valence-electron chi connectivity index (χ3n) is 3.48. The zero-order chi connectivity index (χ0) is 14.1. The lowest BCUT2D eigenvalue weighted by Gasteiger charge is -2.04. The van der Waals surface area contributed by atoms with Gasteiger partial charge in [-0.1, -0.05) is 6.07 Å². The maximum Gasteiger partial charge on any atom is 0.399 e. The van der Waals surface area contributed by atoms with Crippen LogP contribution in [0, 0.1) is 0 Å². The Hall–Kier alpha value is -2.40. The maximum absolute atomic E-state index is 5.75. The van der Waals surface area contributed by atoms with Crippen molar-refractivity contribution in [1.29, 1.82) is 0 Å². The Morgan fingerprint density at radius 2 is 2.19 bits per heavy atom. The molecule has 21 heavy (non-hydrogen) atoms. The van der Waals surface area contributed by atoms with Crippen molar-refractivity contribution >= 4 is 10.9 Å². The molecule has 1 aliphatic rings. The molecule has 1 N–H and O–H groups in total. The van der Waals surface area contributed by atoms with Crippen molar-refractivity contribution in [3.05, 3.63) is 48.5 Å². The van der Waals surface area contributed by atoms with Crippen molar-refractivity contribution in [3.8, 4) is 11.8 Å². The Morgan fingerprint density at radius 3 is 3.10 bits per heavy atom. The third-order valence-corrected chi connectivity index (χ3v) is 3.48. The SMILES string of the molecule is c1cc(Oc2nc(CNC3CC3)co2)c2cccnc2c1. The number of fused-ring (bicyclic) bond motifs is 1. The summed E-state index contributed by atoms with van der Waals surface area (Å²) in [6.07, 6.45) is 6.17. The molecule has 1 aromatic carbocycles. The van der Waals surface area contributed by atoms with E-state index in [-0.39, 0.29) is 6.08 Å². The first kappa shape index (κ1) is 12.3. The molecule has 0 unspecified atom stereocenters. The highest BCUT2D eigenvalue weighted by atomic mass is 16.6. The zero-order valence-corrected chi connectivity index (χ0v) is 11.5. The van der Waals surface area contributed by atoms with Crippen LogP contribution in [0.1, 0.15) is 18.5 Å². The summed E-state index contributed by atoms with van der Waals surface area (Å²) in [5.74, 6) is 0.698. The molecule has 1 aliphatic carbocycles. The molecule has 5 heteroatoms. The Kier molecular flexibility index (Phi) is 3.05.